The molecule has 0 N–H and O–H groups in total. The molecule has 1 aliphatic heterocycles. The van der Waals surface area contributed by atoms with Gasteiger partial charge in [0.15, 0.2) is 5.13 Å². The van der Waals surface area contributed by atoms with Crippen molar-refractivity contribution in [2.24, 2.45) is 7.05 Å². The fourth-order valence-corrected chi connectivity index (χ4v) is 4.38. The van der Waals surface area contributed by atoms with E-state index in [4.69, 9.17) is 4.98 Å². The molecule has 24 heavy (non-hydrogen) atoms. The molecule has 1 aliphatic rings. The van der Waals surface area contributed by atoms with Crippen LogP contribution in [0.5, 0.6) is 0 Å². The third-order valence-corrected chi connectivity index (χ3v) is 5.68. The first-order valence-corrected chi connectivity index (χ1v) is 9.31. The molecule has 0 bridgehead atoms. The highest BCUT2D eigenvalue weighted by Crippen LogP contribution is 2.31. The van der Waals surface area contributed by atoms with E-state index in [1.54, 1.807) is 28.3 Å². The number of benzene rings is 1. The first kappa shape index (κ1) is 15.6. The van der Waals surface area contributed by atoms with E-state index < -0.39 is 0 Å². The van der Waals surface area contributed by atoms with Crippen LogP contribution in [-0.2, 0) is 7.05 Å². The summed E-state index contributed by atoms with van der Waals surface area (Å²) < 4.78 is 3.89. The highest BCUT2D eigenvalue weighted by atomic mass is 79.9. The number of carbonyl (C=O) groups excluding carboxylic acids is 1. The highest BCUT2D eigenvalue weighted by Gasteiger charge is 2.25. The second kappa shape index (κ2) is 6.18. The Kier molecular flexibility index (Phi) is 4.01. The smallest absolute Gasteiger partial charge is 0.274 e. The number of halogens is 1. The molecule has 0 aliphatic carbocycles. The number of carbonyl (C=O) groups is 1. The third kappa shape index (κ3) is 2.91. The second-order valence-electron chi connectivity index (χ2n) is 5.76. The highest BCUT2D eigenvalue weighted by molar-refractivity contribution is 9.10. The second-order valence-corrected chi connectivity index (χ2v) is 7.69. The Balaban J connectivity index is 1.46. The monoisotopic (exact) mass is 405 g/mol. The molecule has 1 aromatic carbocycles. The fourth-order valence-electron chi connectivity index (χ4n) is 2.81. The molecule has 1 amide bonds. The van der Waals surface area contributed by atoms with Crippen molar-refractivity contribution in [1.82, 2.24) is 19.7 Å². The van der Waals surface area contributed by atoms with Gasteiger partial charge in [-0.05, 0) is 24.3 Å². The quantitative estimate of drug-likeness (QED) is 0.657. The lowest BCUT2D eigenvalue weighted by atomic mass is 10.3. The van der Waals surface area contributed by atoms with Gasteiger partial charge >= 0.3 is 0 Å². The summed E-state index contributed by atoms with van der Waals surface area (Å²) in [6, 6.07) is 7.90. The van der Waals surface area contributed by atoms with E-state index in [0.717, 1.165) is 28.2 Å². The summed E-state index contributed by atoms with van der Waals surface area (Å²) in [6.45, 7) is 2.96. The van der Waals surface area contributed by atoms with E-state index in [1.165, 1.54) is 4.70 Å². The van der Waals surface area contributed by atoms with Crippen molar-refractivity contribution >= 4 is 48.5 Å². The van der Waals surface area contributed by atoms with Gasteiger partial charge in [0, 0.05) is 43.9 Å². The maximum atomic E-state index is 12.4. The number of hydrogen-bond donors (Lipinski definition) is 0. The predicted octanol–water partition coefficient (Wildman–Crippen LogP) is 2.75. The fraction of sp³-hybridized carbons (Fsp3) is 0.312. The maximum absolute atomic E-state index is 12.4. The Hall–Kier alpha value is -1.93. The topological polar surface area (TPSA) is 54.3 Å². The minimum absolute atomic E-state index is 0.00322. The minimum Gasteiger partial charge on any atom is -0.345 e. The van der Waals surface area contributed by atoms with Crippen LogP contribution in [0.15, 0.2) is 34.9 Å². The predicted molar refractivity (Wildman–Crippen MR) is 98.6 cm³/mol. The van der Waals surface area contributed by atoms with Gasteiger partial charge in [-0.15, -0.1) is 0 Å². The molecule has 3 aromatic rings. The summed E-state index contributed by atoms with van der Waals surface area (Å²) in [4.78, 5) is 21.3. The molecule has 8 heteroatoms. The number of anilines is 1. The SMILES string of the molecule is Cn1ccc(C(=O)N2CCN(c3nc4ccc(Br)cc4s3)CC2)n1. The minimum atomic E-state index is 0.00322. The van der Waals surface area contributed by atoms with Crippen LogP contribution in [0.2, 0.25) is 0 Å². The van der Waals surface area contributed by atoms with Gasteiger partial charge in [0.05, 0.1) is 10.2 Å². The molecule has 1 fully saturated rings. The van der Waals surface area contributed by atoms with Crippen molar-refractivity contribution in [3.05, 3.63) is 40.6 Å². The lowest BCUT2D eigenvalue weighted by Gasteiger charge is -2.34. The van der Waals surface area contributed by atoms with Crippen LogP contribution in [0, 0.1) is 0 Å². The Labute approximate surface area is 151 Å². The molecule has 6 nitrogen and oxygen atoms in total. The van der Waals surface area contributed by atoms with Gasteiger partial charge in [-0.2, -0.15) is 5.10 Å². The number of fused-ring (bicyclic) bond motifs is 1. The average Bonchev–Trinajstić information content (AvgIpc) is 3.20. The number of aryl methyl sites for hydroxylation is 1. The molecule has 0 spiro atoms. The van der Waals surface area contributed by atoms with Crippen LogP contribution in [0.3, 0.4) is 0 Å². The molecule has 0 radical (unpaired) electrons. The standard InChI is InChI=1S/C16H16BrN5OS/c1-20-5-4-13(19-20)15(23)21-6-8-22(9-7-21)16-18-12-3-2-11(17)10-14(12)24-16/h2-5,10H,6-9H2,1H3. The number of piperazine rings is 1. The third-order valence-electron chi connectivity index (χ3n) is 4.11. The summed E-state index contributed by atoms with van der Waals surface area (Å²) in [6.07, 6.45) is 1.79. The van der Waals surface area contributed by atoms with E-state index >= 15 is 0 Å². The van der Waals surface area contributed by atoms with Crippen LogP contribution < -0.4 is 4.90 Å². The van der Waals surface area contributed by atoms with Gasteiger partial charge in [-0.3, -0.25) is 9.48 Å². The van der Waals surface area contributed by atoms with E-state index in [0.29, 0.717) is 18.8 Å². The lowest BCUT2D eigenvalue weighted by Crippen LogP contribution is -2.48. The normalized spacial score (nSPS) is 15.2. The van der Waals surface area contributed by atoms with Crippen LogP contribution in [0.25, 0.3) is 10.2 Å². The summed E-state index contributed by atoms with van der Waals surface area (Å²) in [5.74, 6) is 0.00322. The van der Waals surface area contributed by atoms with Gasteiger partial charge in [-0.25, -0.2) is 4.98 Å². The largest absolute Gasteiger partial charge is 0.345 e. The van der Waals surface area contributed by atoms with Crippen molar-refractivity contribution in [3.8, 4) is 0 Å². The molecule has 2 aromatic heterocycles. The van der Waals surface area contributed by atoms with Gasteiger partial charge in [0.2, 0.25) is 0 Å². The van der Waals surface area contributed by atoms with E-state index in [1.807, 2.05) is 24.1 Å². The molecule has 4 rings (SSSR count). The average molecular weight is 406 g/mol. The first-order chi connectivity index (χ1) is 11.6. The molecule has 3 heterocycles. The number of nitrogens with zero attached hydrogens (tertiary/aromatic N) is 5. The van der Waals surface area contributed by atoms with Crippen molar-refractivity contribution < 1.29 is 4.79 Å². The Morgan fingerprint density at radius 1 is 1.21 bits per heavy atom. The van der Waals surface area contributed by atoms with E-state index in [-0.39, 0.29) is 5.91 Å². The Morgan fingerprint density at radius 2 is 2.00 bits per heavy atom. The molecule has 1 saturated heterocycles. The summed E-state index contributed by atoms with van der Waals surface area (Å²) in [5.41, 5.74) is 1.53. The number of thiazole rings is 1. The number of rotatable bonds is 2. The summed E-state index contributed by atoms with van der Waals surface area (Å²) in [7, 11) is 1.82. The van der Waals surface area contributed by atoms with E-state index in [2.05, 4.69) is 32.0 Å². The number of hydrogen-bond acceptors (Lipinski definition) is 5. The number of aromatic nitrogens is 3. The van der Waals surface area contributed by atoms with E-state index in [9.17, 15) is 4.79 Å². The molecular formula is C16H16BrN5OS. The summed E-state index contributed by atoms with van der Waals surface area (Å²) in [5, 5.41) is 5.22. The van der Waals surface area contributed by atoms with Crippen molar-refractivity contribution in [1.29, 1.82) is 0 Å². The molecule has 0 unspecified atom stereocenters. The summed E-state index contributed by atoms with van der Waals surface area (Å²) >= 11 is 5.19. The van der Waals surface area contributed by atoms with Gasteiger partial charge in [0.1, 0.15) is 5.69 Å². The van der Waals surface area contributed by atoms with Crippen molar-refractivity contribution in [3.63, 3.8) is 0 Å². The number of amides is 1. The lowest BCUT2D eigenvalue weighted by molar-refractivity contribution is 0.0740. The molecular weight excluding hydrogens is 390 g/mol. The van der Waals surface area contributed by atoms with Gasteiger partial charge in [-0.1, -0.05) is 27.3 Å². The molecule has 124 valence electrons. The van der Waals surface area contributed by atoms with Crippen LogP contribution in [0.1, 0.15) is 10.5 Å². The Morgan fingerprint density at radius 3 is 2.71 bits per heavy atom. The van der Waals surface area contributed by atoms with Gasteiger partial charge in [0.25, 0.3) is 5.91 Å². The van der Waals surface area contributed by atoms with Crippen molar-refractivity contribution in [2.45, 2.75) is 0 Å². The van der Waals surface area contributed by atoms with Crippen LogP contribution >= 0.6 is 27.3 Å². The first-order valence-electron chi connectivity index (χ1n) is 7.70. The maximum Gasteiger partial charge on any atom is 0.274 e. The molecule has 0 saturated carbocycles. The van der Waals surface area contributed by atoms with Crippen LogP contribution in [-0.4, -0.2) is 51.8 Å². The zero-order valence-corrected chi connectivity index (χ0v) is 15.5. The Bertz CT molecular complexity index is 897. The molecule has 0 atom stereocenters. The van der Waals surface area contributed by atoms with Gasteiger partial charge < -0.3 is 9.80 Å². The zero-order valence-electron chi connectivity index (χ0n) is 13.1. The van der Waals surface area contributed by atoms with Crippen LogP contribution in [0.4, 0.5) is 5.13 Å². The zero-order chi connectivity index (χ0) is 16.7. The van der Waals surface area contributed by atoms with Crippen molar-refractivity contribution in [2.75, 3.05) is 31.1 Å².